The zero-order valence-corrected chi connectivity index (χ0v) is 9.40. The zero-order chi connectivity index (χ0) is 12.4. The summed E-state index contributed by atoms with van der Waals surface area (Å²) in [5, 5.41) is 2.16. The van der Waals surface area contributed by atoms with Crippen LogP contribution >= 0.6 is 0 Å². The van der Waals surface area contributed by atoms with Crippen LogP contribution < -0.4 is 5.32 Å². The van der Waals surface area contributed by atoms with E-state index in [2.05, 4.69) is 5.32 Å². The third kappa shape index (κ3) is 2.33. The topological polar surface area (TPSA) is 66.5 Å². The fourth-order valence-electron chi connectivity index (χ4n) is 1.76. The van der Waals surface area contributed by atoms with E-state index in [-0.39, 0.29) is 19.0 Å². The van der Waals surface area contributed by atoms with Crippen LogP contribution in [0.5, 0.6) is 0 Å². The van der Waals surface area contributed by atoms with Crippen LogP contribution in [0.15, 0.2) is 24.3 Å². The Labute approximate surface area is 98.4 Å². The second kappa shape index (κ2) is 4.37. The molecular formula is C12H12N2O3. The Morgan fingerprint density at radius 2 is 1.76 bits per heavy atom. The lowest BCUT2D eigenvalue weighted by atomic mass is 10.1. The molecule has 88 valence electrons. The quantitative estimate of drug-likeness (QED) is 0.698. The van der Waals surface area contributed by atoms with Crippen LogP contribution in [0, 0.1) is 6.92 Å². The molecule has 3 amide bonds. The molecule has 1 N–H and O–H groups in total. The molecule has 0 spiro atoms. The average molecular weight is 232 g/mol. The normalized spacial score (nSPS) is 15.7. The van der Waals surface area contributed by atoms with Gasteiger partial charge in [0.25, 0.3) is 5.91 Å². The highest BCUT2D eigenvalue weighted by molar-refractivity contribution is 6.06. The summed E-state index contributed by atoms with van der Waals surface area (Å²) in [5.41, 5.74) is 1.35. The fourth-order valence-corrected chi connectivity index (χ4v) is 1.76. The molecule has 1 aromatic rings. The second-order valence-corrected chi connectivity index (χ2v) is 3.95. The van der Waals surface area contributed by atoms with Gasteiger partial charge in [0, 0.05) is 5.56 Å². The number of piperazine rings is 1. The smallest absolute Gasteiger partial charge is 0.255 e. The number of benzene rings is 1. The second-order valence-electron chi connectivity index (χ2n) is 3.95. The summed E-state index contributed by atoms with van der Waals surface area (Å²) in [4.78, 5) is 35.7. The van der Waals surface area contributed by atoms with Gasteiger partial charge in [-0.05, 0) is 18.6 Å². The predicted molar refractivity (Wildman–Crippen MR) is 60.2 cm³/mol. The number of hydrogen-bond acceptors (Lipinski definition) is 3. The maximum Gasteiger partial charge on any atom is 0.255 e. The highest BCUT2D eigenvalue weighted by atomic mass is 16.2. The molecule has 0 aromatic heterocycles. The van der Waals surface area contributed by atoms with E-state index in [1.807, 2.05) is 19.1 Å². The van der Waals surface area contributed by atoms with Crippen molar-refractivity contribution in [3.05, 3.63) is 35.4 Å². The third-order valence-electron chi connectivity index (χ3n) is 2.61. The van der Waals surface area contributed by atoms with E-state index in [0.717, 1.165) is 5.56 Å². The van der Waals surface area contributed by atoms with E-state index in [9.17, 15) is 14.4 Å². The first-order valence-corrected chi connectivity index (χ1v) is 5.25. The fraction of sp³-hybridized carbons (Fsp3) is 0.250. The van der Waals surface area contributed by atoms with E-state index in [0.29, 0.717) is 5.56 Å². The van der Waals surface area contributed by atoms with Crippen LogP contribution in [0.4, 0.5) is 0 Å². The predicted octanol–water partition coefficient (Wildman–Crippen LogP) is 0.0936. The van der Waals surface area contributed by atoms with E-state index >= 15 is 0 Å². The van der Waals surface area contributed by atoms with Crippen molar-refractivity contribution in [2.45, 2.75) is 6.92 Å². The van der Waals surface area contributed by atoms with Gasteiger partial charge in [-0.1, -0.05) is 18.2 Å². The van der Waals surface area contributed by atoms with E-state index in [1.54, 1.807) is 12.1 Å². The Morgan fingerprint density at radius 3 is 2.35 bits per heavy atom. The molecule has 1 aromatic carbocycles. The summed E-state index contributed by atoms with van der Waals surface area (Å²) in [7, 11) is 0. The van der Waals surface area contributed by atoms with Crippen LogP contribution in [-0.2, 0) is 9.59 Å². The van der Waals surface area contributed by atoms with Crippen molar-refractivity contribution in [1.29, 1.82) is 0 Å². The van der Waals surface area contributed by atoms with Gasteiger partial charge in [0.15, 0.2) is 0 Å². The summed E-state index contributed by atoms with van der Waals surface area (Å²) in [6, 6.07) is 7.10. The molecule has 1 heterocycles. The minimum atomic E-state index is -0.441. The van der Waals surface area contributed by atoms with Crippen LogP contribution in [0.2, 0.25) is 0 Å². The standard InChI is InChI=1S/C12H12N2O3/c1-8-4-2-3-5-9(8)12(17)14-6-10(15)13-11(16)7-14/h2-5H,6-7H2,1H3,(H,13,15,16). The molecule has 0 saturated carbocycles. The molecule has 2 rings (SSSR count). The number of carbonyl (C=O) groups is 3. The molecule has 0 aliphatic carbocycles. The van der Waals surface area contributed by atoms with Gasteiger partial charge in [-0.25, -0.2) is 0 Å². The summed E-state index contributed by atoms with van der Waals surface area (Å²) in [5.74, 6) is -1.17. The highest BCUT2D eigenvalue weighted by Crippen LogP contribution is 2.11. The van der Waals surface area contributed by atoms with Gasteiger partial charge in [-0.2, -0.15) is 0 Å². The SMILES string of the molecule is Cc1ccccc1C(=O)N1CC(=O)NC(=O)C1. The van der Waals surface area contributed by atoms with Gasteiger partial charge in [0.2, 0.25) is 11.8 Å². The average Bonchev–Trinajstić information content (AvgIpc) is 2.27. The summed E-state index contributed by atoms with van der Waals surface area (Å²) in [6.07, 6.45) is 0. The molecule has 17 heavy (non-hydrogen) atoms. The van der Waals surface area contributed by atoms with Gasteiger partial charge in [0.1, 0.15) is 13.1 Å². The summed E-state index contributed by atoms with van der Waals surface area (Å²) in [6.45, 7) is 1.68. The number of carbonyl (C=O) groups excluding carboxylic acids is 3. The Hall–Kier alpha value is -2.17. The van der Waals surface area contributed by atoms with Crippen molar-refractivity contribution >= 4 is 17.7 Å². The van der Waals surface area contributed by atoms with Gasteiger partial charge in [-0.15, -0.1) is 0 Å². The summed E-state index contributed by atoms with van der Waals surface area (Å²) >= 11 is 0. The molecule has 0 atom stereocenters. The maximum atomic E-state index is 12.1. The minimum Gasteiger partial charge on any atom is -0.320 e. The molecule has 1 saturated heterocycles. The van der Waals surface area contributed by atoms with Crippen molar-refractivity contribution in [1.82, 2.24) is 10.2 Å². The minimum absolute atomic E-state index is 0.0705. The van der Waals surface area contributed by atoms with Crippen molar-refractivity contribution < 1.29 is 14.4 Å². The van der Waals surface area contributed by atoms with Crippen molar-refractivity contribution in [2.24, 2.45) is 0 Å². The molecule has 1 fully saturated rings. The Kier molecular flexibility index (Phi) is 2.91. The van der Waals surface area contributed by atoms with E-state index < -0.39 is 11.8 Å². The first-order chi connectivity index (χ1) is 8.08. The molecular weight excluding hydrogens is 220 g/mol. The number of amides is 3. The largest absolute Gasteiger partial charge is 0.320 e. The lowest BCUT2D eigenvalue weighted by Gasteiger charge is -2.25. The number of nitrogens with zero attached hydrogens (tertiary/aromatic N) is 1. The molecule has 0 bridgehead atoms. The number of imide groups is 1. The van der Waals surface area contributed by atoms with Crippen LogP contribution in [0.3, 0.4) is 0 Å². The maximum absolute atomic E-state index is 12.1. The number of rotatable bonds is 1. The van der Waals surface area contributed by atoms with Gasteiger partial charge < -0.3 is 4.90 Å². The van der Waals surface area contributed by atoms with Gasteiger partial charge >= 0.3 is 0 Å². The van der Waals surface area contributed by atoms with Crippen molar-refractivity contribution in [3.63, 3.8) is 0 Å². The van der Waals surface area contributed by atoms with Gasteiger partial charge in [-0.3, -0.25) is 19.7 Å². The van der Waals surface area contributed by atoms with Gasteiger partial charge in [0.05, 0.1) is 0 Å². The van der Waals surface area contributed by atoms with E-state index in [1.165, 1.54) is 4.90 Å². The lowest BCUT2D eigenvalue weighted by Crippen LogP contribution is -2.53. The Morgan fingerprint density at radius 1 is 1.18 bits per heavy atom. The molecule has 5 heteroatoms. The number of nitrogens with one attached hydrogen (secondary N) is 1. The van der Waals surface area contributed by atoms with Crippen LogP contribution in [0.1, 0.15) is 15.9 Å². The highest BCUT2D eigenvalue weighted by Gasteiger charge is 2.27. The van der Waals surface area contributed by atoms with Crippen LogP contribution in [-0.4, -0.2) is 35.7 Å². The zero-order valence-electron chi connectivity index (χ0n) is 9.40. The number of aryl methyl sites for hydroxylation is 1. The van der Waals surface area contributed by atoms with Crippen molar-refractivity contribution in [2.75, 3.05) is 13.1 Å². The van der Waals surface area contributed by atoms with Crippen LogP contribution in [0.25, 0.3) is 0 Å². The third-order valence-corrected chi connectivity index (χ3v) is 2.61. The summed E-state index contributed by atoms with van der Waals surface area (Å²) < 4.78 is 0. The first kappa shape index (κ1) is 11.3. The Bertz CT molecular complexity index is 480. The molecule has 5 nitrogen and oxygen atoms in total. The lowest BCUT2D eigenvalue weighted by molar-refractivity contribution is -0.135. The Balaban J connectivity index is 2.23. The molecule has 0 unspecified atom stereocenters. The van der Waals surface area contributed by atoms with E-state index in [4.69, 9.17) is 0 Å². The molecule has 0 radical (unpaired) electrons. The van der Waals surface area contributed by atoms with Crippen molar-refractivity contribution in [3.8, 4) is 0 Å². The number of hydrogen-bond donors (Lipinski definition) is 1. The first-order valence-electron chi connectivity index (χ1n) is 5.25. The molecule has 1 aliphatic rings. The molecule has 1 aliphatic heterocycles. The monoisotopic (exact) mass is 232 g/mol.